The molecule has 0 aliphatic carbocycles. The van der Waals surface area contributed by atoms with Crippen molar-refractivity contribution in [3.8, 4) is 5.75 Å². The molecule has 0 saturated heterocycles. The van der Waals surface area contributed by atoms with Gasteiger partial charge in [0.15, 0.2) is 5.78 Å². The van der Waals surface area contributed by atoms with Crippen LogP contribution in [-0.2, 0) is 11.1 Å². The lowest BCUT2D eigenvalue weighted by Gasteiger charge is -2.00. The monoisotopic (exact) mass is 304 g/mol. The Kier molecular flexibility index (Phi) is 6.82. The molecule has 0 fully saturated rings. The summed E-state index contributed by atoms with van der Waals surface area (Å²) in [5.41, 5.74) is 3.03. The van der Waals surface area contributed by atoms with E-state index in [1.807, 2.05) is 56.3 Å². The van der Waals surface area contributed by atoms with E-state index in [4.69, 9.17) is 4.18 Å². The molecule has 0 aliphatic heterocycles. The number of rotatable bonds is 3. The van der Waals surface area contributed by atoms with E-state index in [2.05, 4.69) is 0 Å². The predicted molar refractivity (Wildman–Crippen MR) is 87.1 cm³/mol. The number of carbonyl (C=O) groups is 1. The molecule has 2 aromatic carbocycles. The first-order valence-corrected chi connectivity index (χ1v) is 8.03. The average Bonchev–Trinajstić information content (AvgIpc) is 2.38. The summed E-state index contributed by atoms with van der Waals surface area (Å²) in [6, 6.07) is 15.1. The minimum Gasteiger partial charge on any atom is -0.401 e. The molecule has 112 valence electrons. The molecule has 1 atom stereocenters. The van der Waals surface area contributed by atoms with E-state index in [1.54, 1.807) is 13.0 Å². The molecule has 0 radical (unpaired) electrons. The van der Waals surface area contributed by atoms with Crippen molar-refractivity contribution < 1.29 is 13.2 Å². The zero-order chi connectivity index (χ0) is 15.8. The van der Waals surface area contributed by atoms with E-state index in [0.29, 0.717) is 5.75 Å². The number of hydrogen-bond acceptors (Lipinski definition) is 3. The van der Waals surface area contributed by atoms with Gasteiger partial charge in [-0.25, -0.2) is 4.21 Å². The van der Waals surface area contributed by atoms with Gasteiger partial charge in [-0.3, -0.25) is 4.79 Å². The van der Waals surface area contributed by atoms with Crippen LogP contribution in [0.3, 0.4) is 0 Å². The van der Waals surface area contributed by atoms with Gasteiger partial charge in [0.25, 0.3) is 0 Å². The van der Waals surface area contributed by atoms with E-state index in [9.17, 15) is 9.00 Å². The third kappa shape index (κ3) is 6.86. The lowest BCUT2D eigenvalue weighted by Crippen LogP contribution is -1.96. The molecule has 0 heterocycles. The van der Waals surface area contributed by atoms with Gasteiger partial charge in [0.05, 0.1) is 0 Å². The maximum atomic E-state index is 10.8. The fraction of sp³-hybridized carbons (Fsp3) is 0.235. The fourth-order valence-corrected chi connectivity index (χ4v) is 2.04. The first-order valence-electron chi connectivity index (χ1n) is 6.54. The van der Waals surface area contributed by atoms with Crippen LogP contribution in [0, 0.1) is 13.8 Å². The van der Waals surface area contributed by atoms with E-state index in [-0.39, 0.29) is 5.78 Å². The molecule has 0 N–H and O–H groups in total. The summed E-state index contributed by atoms with van der Waals surface area (Å²) in [7, 11) is 0. The summed E-state index contributed by atoms with van der Waals surface area (Å²) >= 11 is -1.22. The third-order valence-corrected chi connectivity index (χ3v) is 3.05. The number of hydrogen-bond donors (Lipinski definition) is 0. The Bertz CT molecular complexity index is 635. The smallest absolute Gasteiger partial charge is 0.203 e. The molecule has 21 heavy (non-hydrogen) atoms. The Labute approximate surface area is 128 Å². The Morgan fingerprint density at radius 1 is 1.00 bits per heavy atom. The standard InChI is InChI=1S/C9H10O.C8H10O2S/c1-7-4-3-5-9(6-7)8(2)10;1-7-4-3-5-8(6-7)10-11(2)9/h3-6H,1-2H3;3-6H,1-2H3. The van der Waals surface area contributed by atoms with E-state index < -0.39 is 11.1 Å². The van der Waals surface area contributed by atoms with E-state index in [1.165, 1.54) is 6.26 Å². The fourth-order valence-electron chi connectivity index (χ4n) is 1.67. The summed E-state index contributed by atoms with van der Waals surface area (Å²) < 4.78 is 15.6. The van der Waals surface area contributed by atoms with Crippen LogP contribution < -0.4 is 4.18 Å². The number of Topliss-reactive ketones (excluding diaryl/α,β-unsaturated/α-hetero) is 1. The minimum absolute atomic E-state index is 0.128. The molecule has 2 aromatic rings. The summed E-state index contributed by atoms with van der Waals surface area (Å²) in [5, 5.41) is 0. The highest BCUT2D eigenvalue weighted by atomic mass is 32.2. The highest BCUT2D eigenvalue weighted by molar-refractivity contribution is 7.79. The first kappa shape index (κ1) is 17.1. The first-order chi connectivity index (χ1) is 9.88. The van der Waals surface area contributed by atoms with Crippen LogP contribution in [0.5, 0.6) is 5.75 Å². The SMILES string of the molecule is CC(=O)c1cccc(C)c1.Cc1cccc(OS(C)=O)c1. The minimum atomic E-state index is -1.22. The normalized spacial score (nSPS) is 11.0. The molecular formula is C17H20O3S. The molecule has 0 bridgehead atoms. The Balaban J connectivity index is 0.000000211. The van der Waals surface area contributed by atoms with Crippen LogP contribution in [0.25, 0.3) is 0 Å². The van der Waals surface area contributed by atoms with Crippen molar-refractivity contribution in [1.82, 2.24) is 0 Å². The van der Waals surface area contributed by atoms with Crippen LogP contribution in [-0.4, -0.2) is 16.2 Å². The van der Waals surface area contributed by atoms with Crippen molar-refractivity contribution in [2.45, 2.75) is 20.8 Å². The number of benzene rings is 2. The van der Waals surface area contributed by atoms with Gasteiger partial charge in [0.2, 0.25) is 11.1 Å². The van der Waals surface area contributed by atoms with Crippen molar-refractivity contribution in [1.29, 1.82) is 0 Å². The highest BCUT2D eigenvalue weighted by Crippen LogP contribution is 2.12. The maximum absolute atomic E-state index is 10.8. The van der Waals surface area contributed by atoms with Gasteiger partial charge in [-0.05, 0) is 44.5 Å². The highest BCUT2D eigenvalue weighted by Gasteiger charge is 1.96. The van der Waals surface area contributed by atoms with Gasteiger partial charge in [0, 0.05) is 11.8 Å². The second-order valence-electron chi connectivity index (χ2n) is 4.73. The third-order valence-electron chi connectivity index (χ3n) is 2.63. The van der Waals surface area contributed by atoms with Gasteiger partial charge in [0.1, 0.15) is 5.75 Å². The van der Waals surface area contributed by atoms with Crippen LogP contribution in [0.1, 0.15) is 28.4 Å². The van der Waals surface area contributed by atoms with Gasteiger partial charge < -0.3 is 4.18 Å². The van der Waals surface area contributed by atoms with E-state index in [0.717, 1.165) is 16.7 Å². The van der Waals surface area contributed by atoms with Gasteiger partial charge >= 0.3 is 0 Å². The summed E-state index contributed by atoms with van der Waals surface area (Å²) in [6.45, 7) is 5.52. The molecule has 3 nitrogen and oxygen atoms in total. The zero-order valence-electron chi connectivity index (χ0n) is 12.8. The van der Waals surface area contributed by atoms with Gasteiger partial charge in [-0.2, -0.15) is 0 Å². The maximum Gasteiger partial charge on any atom is 0.203 e. The van der Waals surface area contributed by atoms with Crippen molar-refractivity contribution in [2.24, 2.45) is 0 Å². The van der Waals surface area contributed by atoms with Crippen LogP contribution in [0.15, 0.2) is 48.5 Å². The van der Waals surface area contributed by atoms with Crippen molar-refractivity contribution >= 4 is 16.9 Å². The van der Waals surface area contributed by atoms with Crippen molar-refractivity contribution in [2.75, 3.05) is 6.26 Å². The number of ketones is 1. The largest absolute Gasteiger partial charge is 0.401 e. The summed E-state index contributed by atoms with van der Waals surface area (Å²) in [5.74, 6) is 0.787. The summed E-state index contributed by atoms with van der Waals surface area (Å²) in [4.78, 5) is 10.8. The second-order valence-corrected chi connectivity index (χ2v) is 5.70. The number of carbonyl (C=O) groups excluding carboxylic acids is 1. The lowest BCUT2D eigenvalue weighted by atomic mass is 10.1. The number of aryl methyl sites for hydroxylation is 2. The molecule has 1 unspecified atom stereocenters. The Morgan fingerprint density at radius 3 is 2.00 bits per heavy atom. The average molecular weight is 304 g/mol. The van der Waals surface area contributed by atoms with Crippen LogP contribution >= 0.6 is 0 Å². The van der Waals surface area contributed by atoms with Crippen molar-refractivity contribution in [3.63, 3.8) is 0 Å². The Morgan fingerprint density at radius 2 is 1.57 bits per heavy atom. The molecule has 0 aliphatic rings. The van der Waals surface area contributed by atoms with Gasteiger partial charge in [-0.1, -0.05) is 35.9 Å². The lowest BCUT2D eigenvalue weighted by molar-refractivity contribution is 0.101. The molecule has 0 aromatic heterocycles. The topological polar surface area (TPSA) is 43.4 Å². The second kappa shape index (κ2) is 8.37. The zero-order valence-corrected chi connectivity index (χ0v) is 13.6. The molecular weight excluding hydrogens is 284 g/mol. The van der Waals surface area contributed by atoms with Crippen molar-refractivity contribution in [3.05, 3.63) is 65.2 Å². The molecule has 0 spiro atoms. The van der Waals surface area contributed by atoms with Crippen LogP contribution in [0.4, 0.5) is 0 Å². The Hall–Kier alpha value is -1.94. The molecule has 2 rings (SSSR count). The molecule has 0 amide bonds. The summed E-state index contributed by atoms with van der Waals surface area (Å²) in [6.07, 6.45) is 1.50. The quantitative estimate of drug-likeness (QED) is 0.809. The van der Waals surface area contributed by atoms with Gasteiger partial charge in [-0.15, -0.1) is 0 Å². The molecule has 0 saturated carbocycles. The predicted octanol–water partition coefficient (Wildman–Crippen LogP) is 3.86. The molecule has 4 heteroatoms. The van der Waals surface area contributed by atoms with E-state index >= 15 is 0 Å². The van der Waals surface area contributed by atoms with Crippen LogP contribution in [0.2, 0.25) is 0 Å².